The van der Waals surface area contributed by atoms with Crippen LogP contribution in [0.25, 0.3) is 0 Å². The quantitative estimate of drug-likeness (QED) is 0.0411. The zero-order valence-corrected chi connectivity index (χ0v) is 31.1. The lowest BCUT2D eigenvalue weighted by Crippen LogP contribution is -2.27. The first-order valence-corrected chi connectivity index (χ1v) is 20.4. The van der Waals surface area contributed by atoms with Gasteiger partial charge in [-0.1, -0.05) is 167 Å². The molecule has 272 valence electrons. The van der Waals surface area contributed by atoms with E-state index in [-0.39, 0.29) is 12.6 Å². The highest BCUT2D eigenvalue weighted by atomic mass is 16.6. The predicted octanol–water partition coefficient (Wildman–Crippen LogP) is 13.2. The second kappa shape index (κ2) is 40.0. The highest BCUT2D eigenvalue weighted by Gasteiger charge is 2.13. The van der Waals surface area contributed by atoms with Crippen LogP contribution in [0.15, 0.2) is 24.3 Å². The Morgan fingerprint density at radius 1 is 0.500 bits per heavy atom. The van der Waals surface area contributed by atoms with E-state index in [2.05, 4.69) is 38.2 Å². The second-order valence-corrected chi connectivity index (χ2v) is 13.7. The van der Waals surface area contributed by atoms with Gasteiger partial charge in [-0.25, -0.2) is 0 Å². The van der Waals surface area contributed by atoms with Gasteiger partial charge >= 0.3 is 5.97 Å². The summed E-state index contributed by atoms with van der Waals surface area (Å²) in [5.74, 6) is -0.209. The average molecular weight is 649 g/mol. The van der Waals surface area contributed by atoms with Crippen molar-refractivity contribution in [3.63, 3.8) is 0 Å². The Balaban J connectivity index is 3.42. The molecule has 0 saturated carbocycles. The summed E-state index contributed by atoms with van der Waals surface area (Å²) in [6.45, 7) is 5.34. The normalized spacial score (nSPS) is 12.5. The van der Waals surface area contributed by atoms with Gasteiger partial charge in [0, 0.05) is 13.0 Å². The third-order valence-electron chi connectivity index (χ3n) is 9.00. The van der Waals surface area contributed by atoms with Gasteiger partial charge in [0.25, 0.3) is 0 Å². The number of aliphatic hydroxyl groups is 1. The minimum absolute atomic E-state index is 0.174. The molecular weight excluding hydrogens is 568 g/mol. The van der Waals surface area contributed by atoms with Gasteiger partial charge in [0.05, 0.1) is 13.2 Å². The second-order valence-electron chi connectivity index (χ2n) is 13.7. The fourth-order valence-corrected chi connectivity index (χ4v) is 5.91. The van der Waals surface area contributed by atoms with Crippen molar-refractivity contribution < 1.29 is 19.4 Å². The molecule has 0 amide bonds. The Hall–Kier alpha value is -1.13. The molecule has 4 nitrogen and oxygen atoms in total. The molecule has 0 heterocycles. The Morgan fingerprint density at radius 2 is 0.848 bits per heavy atom. The van der Waals surface area contributed by atoms with E-state index in [1.807, 2.05) is 0 Å². The number of carbonyl (C=O) groups excluding carboxylic acids is 1. The maximum Gasteiger partial charge on any atom is 0.306 e. The Labute approximate surface area is 288 Å². The summed E-state index contributed by atoms with van der Waals surface area (Å²) in [4.78, 5) is 12.2. The predicted molar refractivity (Wildman–Crippen MR) is 201 cm³/mol. The number of hydrogen-bond acceptors (Lipinski definition) is 4. The van der Waals surface area contributed by atoms with Crippen molar-refractivity contribution in [3.8, 4) is 0 Å². The molecule has 1 unspecified atom stereocenters. The lowest BCUT2D eigenvalue weighted by molar-refractivity contribution is -0.154. The molecular formula is C42H80O4. The van der Waals surface area contributed by atoms with Crippen LogP contribution < -0.4 is 0 Å². The highest BCUT2D eigenvalue weighted by molar-refractivity contribution is 5.69. The van der Waals surface area contributed by atoms with Crippen molar-refractivity contribution in [2.45, 2.75) is 219 Å². The van der Waals surface area contributed by atoms with E-state index in [0.29, 0.717) is 19.6 Å². The number of aliphatic hydroxyl groups excluding tert-OH is 1. The summed E-state index contributed by atoms with van der Waals surface area (Å²) in [7, 11) is 0. The molecule has 46 heavy (non-hydrogen) atoms. The van der Waals surface area contributed by atoms with Crippen molar-refractivity contribution in [2.24, 2.45) is 0 Å². The first-order chi connectivity index (χ1) is 22.7. The van der Waals surface area contributed by atoms with Gasteiger partial charge in [0.15, 0.2) is 0 Å². The lowest BCUT2D eigenvalue weighted by atomic mass is 10.1. The molecule has 0 aromatic carbocycles. The van der Waals surface area contributed by atoms with Crippen LogP contribution in [0.5, 0.6) is 0 Å². The van der Waals surface area contributed by atoms with E-state index in [9.17, 15) is 9.90 Å². The molecule has 1 N–H and O–H groups in total. The highest BCUT2D eigenvalue weighted by Crippen LogP contribution is 2.13. The van der Waals surface area contributed by atoms with Gasteiger partial charge in [-0.2, -0.15) is 0 Å². The molecule has 0 saturated heterocycles. The Bertz CT molecular complexity index is 644. The van der Waals surface area contributed by atoms with E-state index >= 15 is 0 Å². The summed E-state index contributed by atoms with van der Waals surface area (Å²) in [6, 6.07) is 0. The standard InChI is InChI=1S/C42H80O4/c1-3-5-7-9-11-13-15-17-19-20-21-22-24-26-28-30-32-34-36-38-45-40-41(39-43)46-42(44)37-35-33-31-29-27-25-23-18-16-14-12-10-8-6-4-2/h18-20,23,41,43H,3-17,21-22,24-40H2,1-2H3/b20-19-,23-18-. The number of esters is 1. The van der Waals surface area contributed by atoms with E-state index in [0.717, 1.165) is 19.3 Å². The van der Waals surface area contributed by atoms with E-state index in [1.54, 1.807) is 0 Å². The van der Waals surface area contributed by atoms with Crippen LogP contribution in [0.1, 0.15) is 213 Å². The minimum atomic E-state index is -0.536. The summed E-state index contributed by atoms with van der Waals surface area (Å²) in [6.07, 6.45) is 48.0. The maximum absolute atomic E-state index is 12.2. The number of unbranched alkanes of at least 4 members (excludes halogenated alkanes) is 26. The van der Waals surface area contributed by atoms with Gasteiger partial charge in [-0.05, 0) is 64.2 Å². The number of hydrogen-bond donors (Lipinski definition) is 1. The van der Waals surface area contributed by atoms with Gasteiger partial charge in [-0.3, -0.25) is 4.79 Å². The molecule has 0 aromatic heterocycles. The van der Waals surface area contributed by atoms with Crippen LogP contribution in [0, 0.1) is 0 Å². The molecule has 0 aliphatic carbocycles. The topological polar surface area (TPSA) is 55.8 Å². The fraction of sp³-hybridized carbons (Fsp3) is 0.881. The molecule has 0 aliphatic heterocycles. The molecule has 0 fully saturated rings. The van der Waals surface area contributed by atoms with Crippen LogP contribution >= 0.6 is 0 Å². The Morgan fingerprint density at radius 3 is 1.24 bits per heavy atom. The molecule has 0 rings (SSSR count). The number of allylic oxidation sites excluding steroid dienone is 4. The van der Waals surface area contributed by atoms with Crippen LogP contribution in [-0.4, -0.2) is 37.0 Å². The average Bonchev–Trinajstić information content (AvgIpc) is 3.06. The molecule has 0 spiro atoms. The van der Waals surface area contributed by atoms with E-state index in [1.165, 1.54) is 173 Å². The van der Waals surface area contributed by atoms with Crippen molar-refractivity contribution in [1.29, 1.82) is 0 Å². The fourth-order valence-electron chi connectivity index (χ4n) is 5.91. The van der Waals surface area contributed by atoms with Crippen molar-refractivity contribution in [1.82, 2.24) is 0 Å². The molecule has 4 heteroatoms. The third kappa shape index (κ3) is 37.3. The SMILES string of the molecule is CCCCCCCC/C=C\CCCCCCCC(=O)OC(CO)COCCCCCCCCCC/C=C\CCCCCCCCC. The van der Waals surface area contributed by atoms with Crippen LogP contribution in [0.2, 0.25) is 0 Å². The molecule has 0 aromatic rings. The number of ether oxygens (including phenoxy) is 2. The molecule has 0 aliphatic rings. The van der Waals surface area contributed by atoms with Crippen LogP contribution in [0.4, 0.5) is 0 Å². The first kappa shape index (κ1) is 44.9. The smallest absolute Gasteiger partial charge is 0.306 e. The molecule has 0 radical (unpaired) electrons. The molecule has 0 bridgehead atoms. The number of carbonyl (C=O) groups is 1. The van der Waals surface area contributed by atoms with Gasteiger partial charge in [-0.15, -0.1) is 0 Å². The Kier molecular flexibility index (Phi) is 39.1. The maximum atomic E-state index is 12.2. The van der Waals surface area contributed by atoms with Crippen molar-refractivity contribution in [2.75, 3.05) is 19.8 Å². The summed E-state index contributed by atoms with van der Waals surface area (Å²) in [5.41, 5.74) is 0. The van der Waals surface area contributed by atoms with Crippen LogP contribution in [-0.2, 0) is 14.3 Å². The minimum Gasteiger partial charge on any atom is -0.457 e. The van der Waals surface area contributed by atoms with Gasteiger partial charge in [0.2, 0.25) is 0 Å². The lowest BCUT2D eigenvalue weighted by Gasteiger charge is -2.15. The van der Waals surface area contributed by atoms with Crippen molar-refractivity contribution in [3.05, 3.63) is 24.3 Å². The third-order valence-corrected chi connectivity index (χ3v) is 9.00. The monoisotopic (exact) mass is 649 g/mol. The van der Waals surface area contributed by atoms with Crippen LogP contribution in [0.3, 0.4) is 0 Å². The van der Waals surface area contributed by atoms with Crippen molar-refractivity contribution >= 4 is 5.97 Å². The van der Waals surface area contributed by atoms with E-state index in [4.69, 9.17) is 9.47 Å². The number of rotatable bonds is 38. The van der Waals surface area contributed by atoms with Gasteiger partial charge in [0.1, 0.15) is 6.10 Å². The zero-order valence-electron chi connectivity index (χ0n) is 31.1. The summed E-state index contributed by atoms with van der Waals surface area (Å²) >= 11 is 0. The zero-order chi connectivity index (χ0) is 33.4. The summed E-state index contributed by atoms with van der Waals surface area (Å²) in [5, 5.41) is 9.58. The first-order valence-electron chi connectivity index (χ1n) is 20.4. The molecule has 1 atom stereocenters. The summed E-state index contributed by atoms with van der Waals surface area (Å²) < 4.78 is 11.1. The van der Waals surface area contributed by atoms with Gasteiger partial charge < -0.3 is 14.6 Å². The largest absolute Gasteiger partial charge is 0.457 e. The van der Waals surface area contributed by atoms with E-state index < -0.39 is 6.10 Å².